The molecule has 0 unspecified atom stereocenters. The van der Waals surface area contributed by atoms with Crippen LogP contribution in [0.5, 0.6) is 0 Å². The summed E-state index contributed by atoms with van der Waals surface area (Å²) in [6, 6.07) is 5.86. The smallest absolute Gasteiger partial charge is 0.190 e. The van der Waals surface area contributed by atoms with Crippen molar-refractivity contribution in [2.45, 2.75) is 18.8 Å². The fraction of sp³-hybridized carbons (Fsp3) is 0.300. The van der Waals surface area contributed by atoms with E-state index in [1.807, 2.05) is 18.2 Å². The Labute approximate surface area is 87.8 Å². The topological polar surface area (TPSA) is 61.9 Å². The lowest BCUT2D eigenvalue weighted by Crippen LogP contribution is -2.20. The molecule has 4 heteroatoms. The molecule has 2 rings (SSSR count). The van der Waals surface area contributed by atoms with E-state index < -0.39 is 0 Å². The number of halogens is 1. The number of benzene rings is 1. The van der Waals surface area contributed by atoms with Crippen molar-refractivity contribution < 1.29 is 0 Å². The highest BCUT2D eigenvalue weighted by Crippen LogP contribution is 2.41. The number of nitrogens with two attached hydrogens (primary N) is 1. The minimum atomic E-state index is -0.0916. The molecule has 0 spiro atoms. The van der Waals surface area contributed by atoms with Gasteiger partial charge in [0.2, 0.25) is 0 Å². The second kappa shape index (κ2) is 3.50. The minimum absolute atomic E-state index is 0.0916. The fourth-order valence-corrected chi connectivity index (χ4v) is 1.68. The molecular formula is C10H12ClN3. The molecule has 0 saturated heterocycles. The molecule has 1 aromatic carbocycles. The number of rotatable bonds is 2. The number of hydrogen-bond donors (Lipinski definition) is 3. The standard InChI is InChI=1S/C10H12ClN3/c11-8-5-7(6-1-2-6)3-4-9(8)14-10(12)13/h3-6H,1-2H2,(H4,12,13,14). The third kappa shape index (κ3) is 1.99. The molecule has 1 aliphatic rings. The van der Waals surface area contributed by atoms with Gasteiger partial charge in [-0.25, -0.2) is 0 Å². The highest BCUT2D eigenvalue weighted by molar-refractivity contribution is 6.33. The zero-order valence-corrected chi connectivity index (χ0v) is 8.43. The van der Waals surface area contributed by atoms with Crippen LogP contribution in [0.4, 0.5) is 5.69 Å². The van der Waals surface area contributed by atoms with E-state index in [2.05, 4.69) is 5.32 Å². The second-order valence-corrected chi connectivity index (χ2v) is 3.96. The molecule has 0 bridgehead atoms. The van der Waals surface area contributed by atoms with Crippen LogP contribution in [-0.2, 0) is 0 Å². The molecule has 1 fully saturated rings. The van der Waals surface area contributed by atoms with Crippen molar-refractivity contribution in [1.82, 2.24) is 0 Å². The van der Waals surface area contributed by atoms with Gasteiger partial charge in [0.1, 0.15) is 0 Å². The predicted molar refractivity (Wildman–Crippen MR) is 59.0 cm³/mol. The van der Waals surface area contributed by atoms with Crippen LogP contribution in [-0.4, -0.2) is 5.96 Å². The molecule has 1 aromatic rings. The van der Waals surface area contributed by atoms with Crippen LogP contribution in [0.15, 0.2) is 18.2 Å². The van der Waals surface area contributed by atoms with Gasteiger partial charge in [0.15, 0.2) is 5.96 Å². The molecule has 3 nitrogen and oxygen atoms in total. The Balaban J connectivity index is 2.21. The van der Waals surface area contributed by atoms with Crippen molar-refractivity contribution >= 4 is 23.2 Å². The molecule has 0 radical (unpaired) electrons. The molecule has 0 aliphatic heterocycles. The summed E-state index contributed by atoms with van der Waals surface area (Å²) >= 11 is 6.03. The zero-order valence-electron chi connectivity index (χ0n) is 7.68. The molecule has 4 N–H and O–H groups in total. The highest BCUT2D eigenvalue weighted by atomic mass is 35.5. The Morgan fingerprint density at radius 2 is 2.21 bits per heavy atom. The quantitative estimate of drug-likeness (QED) is 0.518. The van der Waals surface area contributed by atoms with E-state index in [0.29, 0.717) is 16.6 Å². The van der Waals surface area contributed by atoms with Crippen molar-refractivity contribution in [3.05, 3.63) is 28.8 Å². The minimum Gasteiger partial charge on any atom is -0.370 e. The van der Waals surface area contributed by atoms with Gasteiger partial charge in [-0.3, -0.25) is 5.41 Å². The average molecular weight is 210 g/mol. The molecule has 0 aromatic heterocycles. The first-order valence-corrected chi connectivity index (χ1v) is 4.95. The van der Waals surface area contributed by atoms with E-state index >= 15 is 0 Å². The van der Waals surface area contributed by atoms with Crippen molar-refractivity contribution in [3.8, 4) is 0 Å². The van der Waals surface area contributed by atoms with E-state index in [0.717, 1.165) is 0 Å². The van der Waals surface area contributed by atoms with Gasteiger partial charge in [-0.05, 0) is 36.5 Å². The van der Waals surface area contributed by atoms with Gasteiger partial charge in [0.05, 0.1) is 10.7 Å². The van der Waals surface area contributed by atoms with E-state index in [1.165, 1.54) is 18.4 Å². The Bertz CT molecular complexity index is 372. The first-order chi connectivity index (χ1) is 6.66. The van der Waals surface area contributed by atoms with Crippen LogP contribution in [0.1, 0.15) is 24.3 Å². The van der Waals surface area contributed by atoms with Gasteiger partial charge in [-0.15, -0.1) is 0 Å². The maximum absolute atomic E-state index is 7.09. The maximum atomic E-state index is 7.09. The monoisotopic (exact) mass is 209 g/mol. The summed E-state index contributed by atoms with van der Waals surface area (Å²) in [4.78, 5) is 0. The van der Waals surface area contributed by atoms with E-state index in [1.54, 1.807) is 0 Å². The summed E-state index contributed by atoms with van der Waals surface area (Å²) in [5.74, 6) is 0.602. The van der Waals surface area contributed by atoms with Gasteiger partial charge in [-0.1, -0.05) is 17.7 Å². The molecule has 74 valence electrons. The van der Waals surface area contributed by atoms with E-state index in [9.17, 15) is 0 Å². The lowest BCUT2D eigenvalue weighted by atomic mass is 10.1. The van der Waals surface area contributed by atoms with Gasteiger partial charge < -0.3 is 11.1 Å². The summed E-state index contributed by atoms with van der Waals surface area (Å²) in [6.07, 6.45) is 2.52. The molecule has 0 amide bonds. The number of anilines is 1. The van der Waals surface area contributed by atoms with Crippen molar-refractivity contribution in [1.29, 1.82) is 5.41 Å². The predicted octanol–water partition coefficient (Wildman–Crippen LogP) is 2.52. The van der Waals surface area contributed by atoms with Crippen LogP contribution in [0.25, 0.3) is 0 Å². The molecule has 1 aliphatic carbocycles. The third-order valence-corrected chi connectivity index (χ3v) is 2.62. The summed E-state index contributed by atoms with van der Waals surface area (Å²) in [5.41, 5.74) is 7.20. The lowest BCUT2D eigenvalue weighted by Gasteiger charge is -2.07. The maximum Gasteiger partial charge on any atom is 0.190 e. The first-order valence-electron chi connectivity index (χ1n) is 4.57. The summed E-state index contributed by atoms with van der Waals surface area (Å²) < 4.78 is 0. The van der Waals surface area contributed by atoms with Crippen LogP contribution in [0.3, 0.4) is 0 Å². The first kappa shape index (κ1) is 9.34. The van der Waals surface area contributed by atoms with Gasteiger partial charge in [-0.2, -0.15) is 0 Å². The second-order valence-electron chi connectivity index (χ2n) is 3.55. The molecule has 1 saturated carbocycles. The van der Waals surface area contributed by atoms with Crippen LogP contribution in [0, 0.1) is 5.41 Å². The van der Waals surface area contributed by atoms with Crippen molar-refractivity contribution in [2.75, 3.05) is 5.32 Å². The van der Waals surface area contributed by atoms with Crippen molar-refractivity contribution in [2.24, 2.45) is 5.73 Å². The van der Waals surface area contributed by atoms with Gasteiger partial charge in [0.25, 0.3) is 0 Å². The van der Waals surface area contributed by atoms with Crippen LogP contribution in [0.2, 0.25) is 5.02 Å². The summed E-state index contributed by atoms with van der Waals surface area (Å²) in [5, 5.41) is 10.4. The number of nitrogens with one attached hydrogen (secondary N) is 2. The Morgan fingerprint density at radius 3 is 2.71 bits per heavy atom. The Morgan fingerprint density at radius 1 is 1.50 bits per heavy atom. The lowest BCUT2D eigenvalue weighted by molar-refractivity contribution is 1.13. The van der Waals surface area contributed by atoms with Crippen molar-refractivity contribution in [3.63, 3.8) is 0 Å². The third-order valence-electron chi connectivity index (χ3n) is 2.31. The Hall–Kier alpha value is -1.22. The van der Waals surface area contributed by atoms with Crippen LogP contribution < -0.4 is 11.1 Å². The SMILES string of the molecule is N=C(N)Nc1ccc(C2CC2)cc1Cl. The number of guanidine groups is 1. The molecule has 14 heavy (non-hydrogen) atoms. The fourth-order valence-electron chi connectivity index (χ4n) is 1.45. The Kier molecular flexibility index (Phi) is 2.33. The van der Waals surface area contributed by atoms with E-state index in [4.69, 9.17) is 22.7 Å². The average Bonchev–Trinajstić information content (AvgIpc) is 2.90. The van der Waals surface area contributed by atoms with E-state index in [-0.39, 0.29) is 5.96 Å². The highest BCUT2D eigenvalue weighted by Gasteiger charge is 2.23. The normalized spacial score (nSPS) is 15.2. The van der Waals surface area contributed by atoms with Gasteiger partial charge in [0, 0.05) is 0 Å². The molecular weight excluding hydrogens is 198 g/mol. The summed E-state index contributed by atoms with van der Waals surface area (Å²) in [7, 11) is 0. The largest absolute Gasteiger partial charge is 0.370 e. The number of hydrogen-bond acceptors (Lipinski definition) is 1. The molecule has 0 heterocycles. The summed E-state index contributed by atoms with van der Waals surface area (Å²) in [6.45, 7) is 0. The van der Waals surface area contributed by atoms with Gasteiger partial charge >= 0.3 is 0 Å². The zero-order chi connectivity index (χ0) is 10.1. The van der Waals surface area contributed by atoms with Crippen LogP contribution >= 0.6 is 11.6 Å². The molecule has 0 atom stereocenters.